The highest BCUT2D eigenvalue weighted by atomic mass is 79.9. The average Bonchev–Trinajstić information content (AvgIpc) is 2.41. The molecule has 0 bridgehead atoms. The molecule has 1 atom stereocenters. The van der Waals surface area contributed by atoms with E-state index in [0.29, 0.717) is 0 Å². The van der Waals surface area contributed by atoms with Crippen molar-refractivity contribution in [2.75, 3.05) is 0 Å². The smallest absolute Gasteiger partial charge is 0.0417 e. The SMILES string of the molecule is CCC(N)Cc1ccc(Sc2cccc(Cl)c2)cc1Br. The fourth-order valence-corrected chi connectivity index (χ4v) is 3.72. The Morgan fingerprint density at radius 1 is 1.20 bits per heavy atom. The van der Waals surface area contributed by atoms with E-state index in [1.807, 2.05) is 18.2 Å². The third-order valence-corrected chi connectivity index (χ3v) is 5.02. The lowest BCUT2D eigenvalue weighted by molar-refractivity contribution is 0.645. The molecule has 2 aromatic carbocycles. The van der Waals surface area contributed by atoms with Crippen molar-refractivity contribution in [1.29, 1.82) is 0 Å². The summed E-state index contributed by atoms with van der Waals surface area (Å²) in [6, 6.07) is 14.5. The van der Waals surface area contributed by atoms with E-state index < -0.39 is 0 Å². The Kier molecular flexibility index (Phi) is 5.97. The Morgan fingerprint density at radius 3 is 2.60 bits per heavy atom. The molecule has 0 heterocycles. The van der Waals surface area contributed by atoms with Crippen molar-refractivity contribution >= 4 is 39.3 Å². The summed E-state index contributed by atoms with van der Waals surface area (Å²) in [6.45, 7) is 2.11. The summed E-state index contributed by atoms with van der Waals surface area (Å²) in [5.41, 5.74) is 7.27. The molecular formula is C16H17BrClNS. The molecule has 0 aliphatic rings. The summed E-state index contributed by atoms with van der Waals surface area (Å²) in [5.74, 6) is 0. The molecule has 4 heteroatoms. The molecule has 0 aromatic heterocycles. The van der Waals surface area contributed by atoms with Gasteiger partial charge in [-0.05, 0) is 48.7 Å². The lowest BCUT2D eigenvalue weighted by Gasteiger charge is -2.11. The molecule has 0 aliphatic heterocycles. The van der Waals surface area contributed by atoms with Crippen LogP contribution in [0.15, 0.2) is 56.7 Å². The van der Waals surface area contributed by atoms with Crippen LogP contribution < -0.4 is 5.73 Å². The number of rotatable bonds is 5. The van der Waals surface area contributed by atoms with Crippen molar-refractivity contribution in [1.82, 2.24) is 0 Å². The van der Waals surface area contributed by atoms with Gasteiger partial charge < -0.3 is 5.73 Å². The van der Waals surface area contributed by atoms with E-state index in [1.54, 1.807) is 11.8 Å². The van der Waals surface area contributed by atoms with E-state index in [-0.39, 0.29) is 6.04 Å². The number of hydrogen-bond acceptors (Lipinski definition) is 2. The van der Waals surface area contributed by atoms with Gasteiger partial charge in [0.1, 0.15) is 0 Å². The summed E-state index contributed by atoms with van der Waals surface area (Å²) in [6.07, 6.45) is 1.89. The summed E-state index contributed by atoms with van der Waals surface area (Å²) >= 11 is 11.3. The molecule has 0 aliphatic carbocycles. The normalized spacial score (nSPS) is 12.4. The van der Waals surface area contributed by atoms with E-state index in [4.69, 9.17) is 17.3 Å². The molecule has 2 N–H and O–H groups in total. The Labute approximate surface area is 138 Å². The van der Waals surface area contributed by atoms with Crippen LogP contribution in [0.1, 0.15) is 18.9 Å². The maximum Gasteiger partial charge on any atom is 0.0417 e. The third kappa shape index (κ3) is 4.52. The number of hydrogen-bond donors (Lipinski definition) is 1. The molecule has 106 valence electrons. The van der Waals surface area contributed by atoms with Crippen LogP contribution in [0.3, 0.4) is 0 Å². The molecule has 20 heavy (non-hydrogen) atoms. The Balaban J connectivity index is 2.13. The maximum absolute atomic E-state index is 6.01. The molecular weight excluding hydrogens is 354 g/mol. The van der Waals surface area contributed by atoms with Crippen molar-refractivity contribution in [3.8, 4) is 0 Å². The quantitative estimate of drug-likeness (QED) is 0.748. The van der Waals surface area contributed by atoms with Gasteiger partial charge in [-0.1, -0.05) is 58.3 Å². The zero-order valence-corrected chi connectivity index (χ0v) is 14.4. The first-order valence-electron chi connectivity index (χ1n) is 6.56. The van der Waals surface area contributed by atoms with Crippen molar-refractivity contribution in [2.45, 2.75) is 35.6 Å². The van der Waals surface area contributed by atoms with Gasteiger partial charge in [-0.15, -0.1) is 0 Å². The van der Waals surface area contributed by atoms with Crippen LogP contribution in [0, 0.1) is 0 Å². The second-order valence-electron chi connectivity index (χ2n) is 4.69. The number of halogens is 2. The van der Waals surface area contributed by atoms with Crippen LogP contribution in [0.2, 0.25) is 5.02 Å². The predicted molar refractivity (Wildman–Crippen MR) is 91.7 cm³/mol. The van der Waals surface area contributed by atoms with Crippen LogP contribution >= 0.6 is 39.3 Å². The summed E-state index contributed by atoms with van der Waals surface area (Å²) in [7, 11) is 0. The van der Waals surface area contributed by atoms with E-state index >= 15 is 0 Å². The second-order valence-corrected chi connectivity index (χ2v) is 7.12. The van der Waals surface area contributed by atoms with Crippen LogP contribution in [0.5, 0.6) is 0 Å². The lowest BCUT2D eigenvalue weighted by Crippen LogP contribution is -2.21. The summed E-state index contributed by atoms with van der Waals surface area (Å²) < 4.78 is 1.12. The molecule has 0 radical (unpaired) electrons. The van der Waals surface area contributed by atoms with Crippen molar-refractivity contribution in [3.63, 3.8) is 0 Å². The third-order valence-electron chi connectivity index (χ3n) is 3.06. The largest absolute Gasteiger partial charge is 0.327 e. The first-order valence-corrected chi connectivity index (χ1v) is 8.54. The molecule has 2 rings (SSSR count). The Bertz CT molecular complexity index is 588. The molecule has 0 spiro atoms. The molecule has 0 fully saturated rings. The van der Waals surface area contributed by atoms with E-state index in [0.717, 1.165) is 27.2 Å². The molecule has 0 amide bonds. The van der Waals surface area contributed by atoms with E-state index in [2.05, 4.69) is 47.1 Å². The van der Waals surface area contributed by atoms with Crippen molar-refractivity contribution < 1.29 is 0 Å². The van der Waals surface area contributed by atoms with Crippen LogP contribution in [0.25, 0.3) is 0 Å². The standard InChI is InChI=1S/C16H17BrClNS/c1-2-13(19)8-11-6-7-15(10-16(11)17)20-14-5-3-4-12(18)9-14/h3-7,9-10,13H,2,8,19H2,1H3. The van der Waals surface area contributed by atoms with Gasteiger partial charge >= 0.3 is 0 Å². The Hall–Kier alpha value is -0.480. The first kappa shape index (κ1) is 15.9. The van der Waals surface area contributed by atoms with Gasteiger partial charge in [0, 0.05) is 25.3 Å². The van der Waals surface area contributed by atoms with Gasteiger partial charge in [-0.2, -0.15) is 0 Å². The summed E-state index contributed by atoms with van der Waals surface area (Å²) in [4.78, 5) is 2.33. The average molecular weight is 371 g/mol. The van der Waals surface area contributed by atoms with Gasteiger partial charge in [0.2, 0.25) is 0 Å². The highest BCUT2D eigenvalue weighted by molar-refractivity contribution is 9.10. The van der Waals surface area contributed by atoms with Crippen molar-refractivity contribution in [2.24, 2.45) is 5.73 Å². The van der Waals surface area contributed by atoms with Crippen molar-refractivity contribution in [3.05, 3.63) is 57.5 Å². The zero-order valence-electron chi connectivity index (χ0n) is 11.3. The number of benzene rings is 2. The minimum atomic E-state index is 0.220. The fourth-order valence-electron chi connectivity index (χ4n) is 1.85. The fraction of sp³-hybridized carbons (Fsp3) is 0.250. The molecule has 1 nitrogen and oxygen atoms in total. The minimum absolute atomic E-state index is 0.220. The van der Waals surface area contributed by atoms with E-state index in [9.17, 15) is 0 Å². The molecule has 1 unspecified atom stereocenters. The maximum atomic E-state index is 6.01. The molecule has 2 aromatic rings. The van der Waals surface area contributed by atoms with Crippen LogP contribution in [-0.4, -0.2) is 6.04 Å². The topological polar surface area (TPSA) is 26.0 Å². The molecule has 0 saturated heterocycles. The lowest BCUT2D eigenvalue weighted by atomic mass is 10.1. The van der Waals surface area contributed by atoms with E-state index in [1.165, 1.54) is 10.5 Å². The van der Waals surface area contributed by atoms with Crippen LogP contribution in [-0.2, 0) is 6.42 Å². The van der Waals surface area contributed by atoms with Gasteiger partial charge in [-0.25, -0.2) is 0 Å². The first-order chi connectivity index (χ1) is 9.58. The zero-order chi connectivity index (χ0) is 14.5. The Morgan fingerprint density at radius 2 is 1.95 bits per heavy atom. The second kappa shape index (κ2) is 7.51. The van der Waals surface area contributed by atoms with Crippen LogP contribution in [0.4, 0.5) is 0 Å². The summed E-state index contributed by atoms with van der Waals surface area (Å²) in [5, 5.41) is 0.764. The minimum Gasteiger partial charge on any atom is -0.327 e. The van der Waals surface area contributed by atoms with Gasteiger partial charge in [0.25, 0.3) is 0 Å². The number of nitrogens with two attached hydrogens (primary N) is 1. The highest BCUT2D eigenvalue weighted by Crippen LogP contribution is 2.32. The molecule has 0 saturated carbocycles. The van der Waals surface area contributed by atoms with Gasteiger partial charge in [0.05, 0.1) is 0 Å². The van der Waals surface area contributed by atoms with Gasteiger partial charge in [0.15, 0.2) is 0 Å². The highest BCUT2D eigenvalue weighted by Gasteiger charge is 2.07. The predicted octanol–water partition coefficient (Wildman–Crippen LogP) is 5.53. The monoisotopic (exact) mass is 369 g/mol. The van der Waals surface area contributed by atoms with Gasteiger partial charge in [-0.3, -0.25) is 0 Å².